The van der Waals surface area contributed by atoms with E-state index in [-0.39, 0.29) is 34.6 Å². The van der Waals surface area contributed by atoms with Gasteiger partial charge in [-0.1, -0.05) is 30.3 Å². The summed E-state index contributed by atoms with van der Waals surface area (Å²) in [6, 6.07) is 11.2. The molecule has 2 heterocycles. The highest BCUT2D eigenvalue weighted by Gasteiger charge is 2.36. The van der Waals surface area contributed by atoms with Crippen LogP contribution in [0.5, 0.6) is 11.5 Å². The summed E-state index contributed by atoms with van der Waals surface area (Å²) < 4.78 is 93.3. The molecule has 42 heavy (non-hydrogen) atoms. The van der Waals surface area contributed by atoms with E-state index in [0.717, 1.165) is 24.3 Å². The Kier molecular flexibility index (Phi) is 8.04. The second-order valence-corrected chi connectivity index (χ2v) is 10.7. The van der Waals surface area contributed by atoms with Crippen LogP contribution in [-0.2, 0) is 6.42 Å². The first-order valence-electron chi connectivity index (χ1n) is 12.7. The Labute approximate surface area is 240 Å². The molecule has 0 spiro atoms. The van der Waals surface area contributed by atoms with E-state index in [1.165, 1.54) is 59.8 Å². The Morgan fingerprint density at radius 3 is 2.26 bits per heavy atom. The second kappa shape index (κ2) is 11.4. The lowest BCUT2D eigenvalue weighted by atomic mass is 9.93. The van der Waals surface area contributed by atoms with Gasteiger partial charge in [0.25, 0.3) is 5.56 Å². The molecule has 0 saturated carbocycles. The van der Waals surface area contributed by atoms with Crippen molar-refractivity contribution in [1.29, 1.82) is 0 Å². The van der Waals surface area contributed by atoms with Crippen molar-refractivity contribution in [2.24, 2.45) is 5.73 Å². The summed E-state index contributed by atoms with van der Waals surface area (Å²) >= 11 is 1.26. The second-order valence-electron chi connectivity index (χ2n) is 9.68. The molecule has 1 aliphatic heterocycles. The Morgan fingerprint density at radius 2 is 1.64 bits per heavy atom. The van der Waals surface area contributed by atoms with Gasteiger partial charge in [-0.15, -0.1) is 24.9 Å². The van der Waals surface area contributed by atoms with Gasteiger partial charge in [-0.2, -0.15) is 0 Å². The van der Waals surface area contributed by atoms with Crippen molar-refractivity contribution in [3.8, 4) is 22.6 Å². The molecule has 5 nitrogen and oxygen atoms in total. The van der Waals surface area contributed by atoms with Crippen LogP contribution < -0.4 is 20.8 Å². The van der Waals surface area contributed by atoms with Crippen molar-refractivity contribution in [3.05, 3.63) is 111 Å². The molecule has 12 heteroatoms. The van der Waals surface area contributed by atoms with Crippen LogP contribution in [0.2, 0.25) is 0 Å². The molecule has 0 bridgehead atoms. The molecule has 1 unspecified atom stereocenters. The van der Waals surface area contributed by atoms with Crippen LogP contribution in [0.3, 0.4) is 0 Å². The summed E-state index contributed by atoms with van der Waals surface area (Å²) in [4.78, 5) is 14.1. The Balaban J connectivity index is 1.67. The fourth-order valence-corrected chi connectivity index (χ4v) is 6.61. The zero-order valence-corrected chi connectivity index (χ0v) is 23.1. The van der Waals surface area contributed by atoms with E-state index in [2.05, 4.69) is 4.74 Å². The number of fused-ring (bicyclic) bond motifs is 1. The van der Waals surface area contributed by atoms with Gasteiger partial charge < -0.3 is 15.2 Å². The van der Waals surface area contributed by atoms with Gasteiger partial charge in [0.1, 0.15) is 17.4 Å². The standard InChI is InChI=1S/C30H24F6N2O3S/c1-15-19(13-20-21(31)6-4-7-22(20)32)29-38(28(39)25(15)18-5-3-8-24(40-2)26(18)33)23(14-42-29)27(37)16-9-11-17(12-10-16)41-30(34,35)36/h3-12,23,27H,13-14,37H2,1-2H3/t23-,27?/m1/s1. The molecule has 2 atom stereocenters. The molecular formula is C30H24F6N2O3S. The van der Waals surface area contributed by atoms with Crippen LogP contribution in [0, 0.1) is 24.4 Å². The lowest BCUT2D eigenvalue weighted by Gasteiger charge is -2.25. The van der Waals surface area contributed by atoms with Crippen molar-refractivity contribution in [2.45, 2.75) is 36.8 Å². The molecule has 0 amide bonds. The van der Waals surface area contributed by atoms with E-state index in [4.69, 9.17) is 10.5 Å². The third-order valence-corrected chi connectivity index (χ3v) is 8.47. The first-order valence-corrected chi connectivity index (χ1v) is 13.7. The van der Waals surface area contributed by atoms with Gasteiger partial charge in [0.05, 0.1) is 29.8 Å². The SMILES string of the molecule is COc1cccc(-c2c(C)c(Cc3c(F)cccc3F)c3n(c2=O)[C@@H](C(N)c2ccc(OC(F)(F)F)cc2)CS3)c1F. The number of benzene rings is 3. The van der Waals surface area contributed by atoms with E-state index in [1.54, 1.807) is 6.92 Å². The van der Waals surface area contributed by atoms with Gasteiger partial charge in [0.15, 0.2) is 11.6 Å². The average Bonchev–Trinajstić information content (AvgIpc) is 3.38. The fourth-order valence-electron chi connectivity index (χ4n) is 5.17. The molecule has 0 radical (unpaired) electrons. The zero-order chi connectivity index (χ0) is 30.3. The summed E-state index contributed by atoms with van der Waals surface area (Å²) in [6.07, 6.45) is -5.09. The van der Waals surface area contributed by atoms with Gasteiger partial charge in [0.2, 0.25) is 0 Å². The number of halogens is 6. The van der Waals surface area contributed by atoms with Crippen LogP contribution in [-0.4, -0.2) is 23.8 Å². The maximum absolute atomic E-state index is 15.5. The molecule has 1 aliphatic rings. The average molecular weight is 607 g/mol. The molecule has 0 aliphatic carbocycles. The number of nitrogens with two attached hydrogens (primary N) is 1. The highest BCUT2D eigenvalue weighted by molar-refractivity contribution is 7.99. The summed E-state index contributed by atoms with van der Waals surface area (Å²) in [6.45, 7) is 1.60. The molecule has 220 valence electrons. The van der Waals surface area contributed by atoms with Crippen LogP contribution in [0.25, 0.3) is 11.1 Å². The molecule has 2 N–H and O–H groups in total. The van der Waals surface area contributed by atoms with Crippen LogP contribution in [0.4, 0.5) is 26.3 Å². The lowest BCUT2D eigenvalue weighted by molar-refractivity contribution is -0.274. The maximum Gasteiger partial charge on any atom is 0.573 e. The van der Waals surface area contributed by atoms with Crippen LogP contribution in [0.15, 0.2) is 70.5 Å². The van der Waals surface area contributed by atoms with Crippen molar-refractivity contribution in [3.63, 3.8) is 0 Å². The predicted octanol–water partition coefficient (Wildman–Crippen LogP) is 7.09. The first-order chi connectivity index (χ1) is 19.9. The lowest BCUT2D eigenvalue weighted by Crippen LogP contribution is -2.33. The first kappa shape index (κ1) is 29.6. The highest BCUT2D eigenvalue weighted by atomic mass is 32.2. The molecule has 0 saturated heterocycles. The fraction of sp³-hybridized carbons (Fsp3) is 0.233. The van der Waals surface area contributed by atoms with Crippen molar-refractivity contribution in [2.75, 3.05) is 12.9 Å². The summed E-state index contributed by atoms with van der Waals surface area (Å²) in [5.41, 5.74) is 6.89. The molecule has 3 aromatic carbocycles. The van der Waals surface area contributed by atoms with Gasteiger partial charge in [-0.25, -0.2) is 13.2 Å². The number of thioether (sulfide) groups is 1. The topological polar surface area (TPSA) is 66.5 Å². The summed E-state index contributed by atoms with van der Waals surface area (Å²) in [7, 11) is 1.29. The normalized spacial score (nSPS) is 15.4. The number of ether oxygens (including phenoxy) is 2. The largest absolute Gasteiger partial charge is 0.573 e. The van der Waals surface area contributed by atoms with Gasteiger partial charge in [-0.3, -0.25) is 9.36 Å². The van der Waals surface area contributed by atoms with Crippen LogP contribution in [0.1, 0.15) is 34.3 Å². The monoisotopic (exact) mass is 606 g/mol. The number of aromatic nitrogens is 1. The highest BCUT2D eigenvalue weighted by Crippen LogP contribution is 2.44. The van der Waals surface area contributed by atoms with Gasteiger partial charge in [-0.05, 0) is 53.9 Å². The van der Waals surface area contributed by atoms with E-state index in [9.17, 15) is 26.7 Å². The number of pyridine rings is 1. The Bertz CT molecular complexity index is 1690. The van der Waals surface area contributed by atoms with E-state index in [0.29, 0.717) is 21.7 Å². The van der Waals surface area contributed by atoms with Gasteiger partial charge in [0, 0.05) is 23.3 Å². The van der Waals surface area contributed by atoms with E-state index >= 15 is 4.39 Å². The molecule has 1 aromatic heterocycles. The van der Waals surface area contributed by atoms with Crippen molar-refractivity contribution < 1.29 is 35.8 Å². The Hall–Kier alpha value is -3.90. The third kappa shape index (κ3) is 5.48. The number of hydrogen-bond donors (Lipinski definition) is 1. The van der Waals surface area contributed by atoms with Gasteiger partial charge >= 0.3 is 6.36 Å². The molecule has 0 fully saturated rings. The third-order valence-electron chi connectivity index (χ3n) is 7.24. The van der Waals surface area contributed by atoms with Crippen molar-refractivity contribution in [1.82, 2.24) is 4.57 Å². The summed E-state index contributed by atoms with van der Waals surface area (Å²) in [5, 5.41) is 0.421. The number of alkyl halides is 3. The number of rotatable bonds is 7. The molecule has 5 rings (SSSR count). The Morgan fingerprint density at radius 1 is 1.00 bits per heavy atom. The van der Waals surface area contributed by atoms with Crippen LogP contribution >= 0.6 is 11.8 Å². The van der Waals surface area contributed by atoms with E-state index in [1.807, 2.05) is 0 Å². The molecular weight excluding hydrogens is 582 g/mol. The summed E-state index contributed by atoms with van der Waals surface area (Å²) in [5.74, 6) is -2.58. The smallest absolute Gasteiger partial charge is 0.494 e. The zero-order valence-electron chi connectivity index (χ0n) is 22.3. The predicted molar refractivity (Wildman–Crippen MR) is 146 cm³/mol. The molecule has 4 aromatic rings. The number of nitrogens with zero attached hydrogens (tertiary/aromatic N) is 1. The maximum atomic E-state index is 15.5. The minimum atomic E-state index is -4.87. The number of methoxy groups -OCH3 is 1. The minimum Gasteiger partial charge on any atom is -0.494 e. The minimum absolute atomic E-state index is 0.0180. The number of hydrogen-bond acceptors (Lipinski definition) is 5. The quantitative estimate of drug-likeness (QED) is 0.228. The van der Waals surface area contributed by atoms with Crippen molar-refractivity contribution >= 4 is 11.8 Å². The van der Waals surface area contributed by atoms with E-state index < -0.39 is 47.2 Å².